The molecule has 1 aromatic heterocycles. The zero-order valence-electron chi connectivity index (χ0n) is 39.7. The molecule has 7 aromatic rings. The Kier molecular flexibility index (Phi) is 11.6. The molecule has 2 atom stereocenters. The fourth-order valence-corrected chi connectivity index (χ4v) is 10.4. The number of aromatic nitrogens is 1. The van der Waals surface area contributed by atoms with Crippen molar-refractivity contribution in [2.75, 3.05) is 16.4 Å². The minimum atomic E-state index is -0.248. The number of ether oxygens (including phenoxy) is 1. The molecule has 3 heterocycles. The molecule has 0 bridgehead atoms. The Labute approximate surface area is 387 Å². The molecule has 2 unspecified atom stereocenters. The number of esters is 1. The van der Waals surface area contributed by atoms with Gasteiger partial charge in [-0.25, -0.2) is 0 Å². The second kappa shape index (κ2) is 17.2. The van der Waals surface area contributed by atoms with Gasteiger partial charge in [-0.3, -0.25) is 9.78 Å². The number of benzene rings is 6. The van der Waals surface area contributed by atoms with E-state index in [2.05, 4.69) is 204 Å². The highest BCUT2D eigenvalue weighted by Crippen LogP contribution is 2.56. The van der Waals surface area contributed by atoms with E-state index in [4.69, 9.17) is 4.74 Å². The molecule has 0 N–H and O–H groups in total. The zero-order chi connectivity index (χ0) is 45.7. The summed E-state index contributed by atoms with van der Waals surface area (Å²) in [7, 11) is 0. The molecule has 0 radical (unpaired) electrons. The number of carbonyl (C=O) groups is 1. The van der Waals surface area contributed by atoms with Gasteiger partial charge in [-0.15, -0.1) is 0 Å². The molecule has 0 saturated heterocycles. The molecule has 6 aromatic carbocycles. The molecule has 9 rings (SSSR count). The summed E-state index contributed by atoms with van der Waals surface area (Å²) >= 11 is 0. The van der Waals surface area contributed by atoms with Gasteiger partial charge in [0.2, 0.25) is 0 Å². The monoisotopic (exact) mass is 857 g/mol. The summed E-state index contributed by atoms with van der Waals surface area (Å²) in [6.07, 6.45) is 3.83. The minimum absolute atomic E-state index is 0.000368. The Morgan fingerprint density at radius 2 is 1.18 bits per heavy atom. The Balaban J connectivity index is 1.11. The van der Waals surface area contributed by atoms with Crippen molar-refractivity contribution in [3.63, 3.8) is 0 Å². The van der Waals surface area contributed by atoms with Gasteiger partial charge in [0.15, 0.2) is 0 Å². The normalized spacial score (nSPS) is 15.5. The molecule has 5 heteroatoms. The van der Waals surface area contributed by atoms with E-state index in [0.717, 1.165) is 28.2 Å². The predicted molar refractivity (Wildman–Crippen MR) is 270 cm³/mol. The molecule has 330 valence electrons. The molecule has 0 saturated carbocycles. The van der Waals surface area contributed by atoms with E-state index in [1.807, 2.05) is 30.5 Å². The van der Waals surface area contributed by atoms with Crippen molar-refractivity contribution in [3.8, 4) is 11.3 Å². The lowest BCUT2D eigenvalue weighted by molar-refractivity contribution is -0.149. The molecular weight excluding hydrogens is 795 g/mol. The first kappa shape index (κ1) is 43.8. The van der Waals surface area contributed by atoms with Crippen molar-refractivity contribution in [1.82, 2.24) is 4.98 Å². The van der Waals surface area contributed by atoms with Gasteiger partial charge in [0.05, 0.1) is 41.0 Å². The van der Waals surface area contributed by atoms with Crippen molar-refractivity contribution >= 4 is 40.1 Å². The summed E-state index contributed by atoms with van der Waals surface area (Å²) in [6, 6.07) is 55.2. The molecule has 0 aliphatic carbocycles. The van der Waals surface area contributed by atoms with E-state index >= 15 is 0 Å². The maximum absolute atomic E-state index is 14.0. The fourth-order valence-electron chi connectivity index (χ4n) is 10.4. The van der Waals surface area contributed by atoms with Crippen LogP contribution in [0, 0.1) is 5.92 Å². The average molecular weight is 858 g/mol. The van der Waals surface area contributed by atoms with Crippen LogP contribution in [-0.2, 0) is 32.2 Å². The first-order chi connectivity index (χ1) is 31.2. The summed E-state index contributed by atoms with van der Waals surface area (Å²) in [5.74, 6) is -0.331. The van der Waals surface area contributed by atoms with Crippen molar-refractivity contribution in [2.24, 2.45) is 5.92 Å². The summed E-state index contributed by atoms with van der Waals surface area (Å²) in [5, 5.41) is 0. The lowest BCUT2D eigenvalue weighted by Crippen LogP contribution is -2.32. The van der Waals surface area contributed by atoms with E-state index in [1.54, 1.807) is 0 Å². The summed E-state index contributed by atoms with van der Waals surface area (Å²) < 4.78 is 6.08. The zero-order valence-corrected chi connectivity index (χ0v) is 39.7. The molecule has 0 amide bonds. The lowest BCUT2D eigenvalue weighted by Gasteiger charge is -2.44. The number of hydrogen-bond donors (Lipinski definition) is 0. The first-order valence-corrected chi connectivity index (χ1v) is 23.5. The SMILES string of the molecule is CCC(CC(C)c1cc(N2c3ccccc3C(C)(C)c3ccccc32)cc(N2c3ccccc3C(C)(C)c3cc(C(C)(C)C)ccc32)c1)C(=O)OCCc1cccc(-c2ccccn2)c1. The van der Waals surface area contributed by atoms with Crippen LogP contribution < -0.4 is 9.80 Å². The van der Waals surface area contributed by atoms with Crippen LogP contribution in [0.4, 0.5) is 34.1 Å². The van der Waals surface area contributed by atoms with E-state index in [1.165, 1.54) is 56.1 Å². The van der Waals surface area contributed by atoms with Crippen LogP contribution in [0.15, 0.2) is 158 Å². The summed E-state index contributed by atoms with van der Waals surface area (Å²) in [4.78, 5) is 23.4. The number of nitrogens with zero attached hydrogens (tertiary/aromatic N) is 3. The largest absolute Gasteiger partial charge is 0.465 e. The third-order valence-electron chi connectivity index (χ3n) is 14.2. The molecule has 65 heavy (non-hydrogen) atoms. The van der Waals surface area contributed by atoms with E-state index in [9.17, 15) is 4.79 Å². The van der Waals surface area contributed by atoms with Crippen LogP contribution in [0.3, 0.4) is 0 Å². The highest BCUT2D eigenvalue weighted by molar-refractivity contribution is 5.91. The van der Waals surface area contributed by atoms with Crippen LogP contribution in [0.5, 0.6) is 0 Å². The van der Waals surface area contributed by atoms with Gasteiger partial charge in [0, 0.05) is 40.4 Å². The van der Waals surface area contributed by atoms with Crippen molar-refractivity contribution in [3.05, 3.63) is 197 Å². The van der Waals surface area contributed by atoms with E-state index < -0.39 is 0 Å². The van der Waals surface area contributed by atoms with Crippen LogP contribution in [0.25, 0.3) is 11.3 Å². The van der Waals surface area contributed by atoms with Crippen molar-refractivity contribution in [1.29, 1.82) is 0 Å². The number of hydrogen-bond acceptors (Lipinski definition) is 5. The van der Waals surface area contributed by atoms with Gasteiger partial charge in [0.1, 0.15) is 0 Å². The third kappa shape index (κ3) is 8.15. The predicted octanol–water partition coefficient (Wildman–Crippen LogP) is 15.6. The number of fused-ring (bicyclic) bond motifs is 4. The minimum Gasteiger partial charge on any atom is -0.465 e. The van der Waals surface area contributed by atoms with E-state index in [0.29, 0.717) is 25.9 Å². The average Bonchev–Trinajstić information content (AvgIpc) is 3.31. The van der Waals surface area contributed by atoms with Crippen molar-refractivity contribution in [2.45, 2.75) is 104 Å². The number of para-hydroxylation sites is 3. The standard InChI is InChI=1S/C60H63N3O2/c1-10-42(57(64)65-33-31-41-20-19-21-43(35-41)52-25-17-18-32-61-52)34-40(2)44-36-46(62-53-26-14-11-22-48(53)59(6,7)49-23-12-15-27-54(49)62)39-47(37-44)63-55-28-16-13-24-50(55)60(8,9)51-38-45(58(3,4)5)29-30-56(51)63/h11-30,32,35-40,42H,10,31,33-34H2,1-9H3. The quantitative estimate of drug-likeness (QED) is 0.121. The van der Waals surface area contributed by atoms with Crippen LogP contribution >= 0.6 is 0 Å². The van der Waals surface area contributed by atoms with Gasteiger partial charge in [0.25, 0.3) is 0 Å². The van der Waals surface area contributed by atoms with Crippen LogP contribution in [-0.4, -0.2) is 17.6 Å². The number of pyridine rings is 1. The Morgan fingerprint density at radius 3 is 1.74 bits per heavy atom. The Morgan fingerprint density at radius 1 is 0.631 bits per heavy atom. The summed E-state index contributed by atoms with van der Waals surface area (Å²) in [5.41, 5.74) is 17.4. The smallest absolute Gasteiger partial charge is 0.308 e. The molecule has 2 aliphatic rings. The Bertz CT molecular complexity index is 2820. The van der Waals surface area contributed by atoms with E-state index in [-0.39, 0.29) is 34.1 Å². The number of anilines is 6. The van der Waals surface area contributed by atoms with Gasteiger partial charge in [-0.2, -0.15) is 0 Å². The van der Waals surface area contributed by atoms with Gasteiger partial charge in [-0.1, -0.05) is 153 Å². The second-order valence-corrected chi connectivity index (χ2v) is 20.3. The van der Waals surface area contributed by atoms with Crippen LogP contribution in [0.2, 0.25) is 0 Å². The first-order valence-electron chi connectivity index (χ1n) is 23.5. The topological polar surface area (TPSA) is 45.7 Å². The van der Waals surface area contributed by atoms with Crippen molar-refractivity contribution < 1.29 is 9.53 Å². The molecular formula is C60H63N3O2. The number of carbonyl (C=O) groups excluding carboxylic acids is 1. The lowest BCUT2D eigenvalue weighted by atomic mass is 9.71. The third-order valence-corrected chi connectivity index (χ3v) is 14.2. The van der Waals surface area contributed by atoms with Gasteiger partial charge < -0.3 is 14.5 Å². The number of rotatable bonds is 11. The van der Waals surface area contributed by atoms with Gasteiger partial charge in [-0.05, 0) is 124 Å². The highest BCUT2D eigenvalue weighted by Gasteiger charge is 2.40. The maximum atomic E-state index is 14.0. The fraction of sp³-hybridized carbons (Fsp3) is 0.300. The maximum Gasteiger partial charge on any atom is 0.308 e. The molecule has 0 fully saturated rings. The highest BCUT2D eigenvalue weighted by atomic mass is 16.5. The molecule has 5 nitrogen and oxygen atoms in total. The second-order valence-electron chi connectivity index (χ2n) is 20.3. The molecule has 0 spiro atoms. The van der Waals surface area contributed by atoms with Crippen LogP contribution in [0.1, 0.15) is 120 Å². The summed E-state index contributed by atoms with van der Waals surface area (Å²) in [6.45, 7) is 21.0. The molecule has 2 aliphatic heterocycles. The Hall–Kier alpha value is -6.46. The van der Waals surface area contributed by atoms with Gasteiger partial charge >= 0.3 is 5.97 Å².